The summed E-state index contributed by atoms with van der Waals surface area (Å²) < 4.78 is 0. The number of likely N-dealkylation sites (tertiary alicyclic amines) is 1. The van der Waals surface area contributed by atoms with Gasteiger partial charge in [0.2, 0.25) is 0 Å². The highest BCUT2D eigenvalue weighted by Crippen LogP contribution is 2.41. The van der Waals surface area contributed by atoms with Crippen molar-refractivity contribution in [2.75, 3.05) is 13.1 Å². The van der Waals surface area contributed by atoms with E-state index in [1.165, 1.54) is 64.5 Å². The number of rotatable bonds is 4. The predicted molar refractivity (Wildman–Crippen MR) is 86.0 cm³/mol. The van der Waals surface area contributed by atoms with Crippen LogP contribution in [0.1, 0.15) is 72.1 Å². The van der Waals surface area contributed by atoms with Crippen LogP contribution in [0.25, 0.3) is 0 Å². The first kappa shape index (κ1) is 14.8. The third-order valence-electron chi connectivity index (χ3n) is 5.98. The quantitative estimate of drug-likeness (QED) is 0.841. The average molecular weight is 278 g/mol. The van der Waals surface area contributed by atoms with E-state index in [-0.39, 0.29) is 5.54 Å². The van der Waals surface area contributed by atoms with Crippen molar-refractivity contribution in [1.29, 1.82) is 0 Å². The second-order valence-electron chi connectivity index (χ2n) is 8.53. The second kappa shape index (κ2) is 5.96. The highest BCUT2D eigenvalue weighted by atomic mass is 15.2. The summed E-state index contributed by atoms with van der Waals surface area (Å²) in [6.45, 7) is 9.48. The van der Waals surface area contributed by atoms with Gasteiger partial charge in [0.05, 0.1) is 0 Å². The molecule has 2 aliphatic carbocycles. The van der Waals surface area contributed by atoms with Gasteiger partial charge in [-0.1, -0.05) is 12.8 Å². The third kappa shape index (κ3) is 3.22. The molecule has 2 heteroatoms. The van der Waals surface area contributed by atoms with E-state index >= 15 is 0 Å². The molecule has 0 aromatic heterocycles. The Kier molecular flexibility index (Phi) is 4.42. The summed E-state index contributed by atoms with van der Waals surface area (Å²) in [5.41, 5.74) is 0.274. The normalized spacial score (nSPS) is 36.5. The van der Waals surface area contributed by atoms with Gasteiger partial charge in [0, 0.05) is 17.6 Å². The van der Waals surface area contributed by atoms with Gasteiger partial charge in [0.1, 0.15) is 0 Å². The van der Waals surface area contributed by atoms with Crippen LogP contribution in [-0.2, 0) is 0 Å². The molecule has 1 N–H and O–H groups in total. The lowest BCUT2D eigenvalue weighted by Gasteiger charge is -2.47. The zero-order valence-electron chi connectivity index (χ0n) is 13.8. The Hall–Kier alpha value is -0.0800. The molecule has 116 valence electrons. The maximum atomic E-state index is 3.73. The van der Waals surface area contributed by atoms with E-state index in [1.807, 2.05) is 0 Å². The lowest BCUT2D eigenvalue weighted by molar-refractivity contribution is 0.0304. The molecule has 0 spiro atoms. The summed E-state index contributed by atoms with van der Waals surface area (Å²) in [5, 5.41) is 3.73. The van der Waals surface area contributed by atoms with Crippen LogP contribution in [0, 0.1) is 11.8 Å². The molecule has 0 bridgehead atoms. The standard InChI is InChI=1S/C18H34N2/c1-18(2,3)19-13-15-10-11-17(15)20-12-6-9-16(20)14-7-4-5-8-14/h14-17,19H,4-13H2,1-3H3. The van der Waals surface area contributed by atoms with Crippen molar-refractivity contribution in [2.45, 2.75) is 89.8 Å². The highest BCUT2D eigenvalue weighted by Gasteiger charge is 2.43. The molecule has 3 unspecified atom stereocenters. The molecule has 0 radical (unpaired) electrons. The Morgan fingerprint density at radius 1 is 0.900 bits per heavy atom. The minimum atomic E-state index is 0.274. The number of nitrogens with one attached hydrogen (secondary N) is 1. The summed E-state index contributed by atoms with van der Waals surface area (Å²) in [5.74, 6) is 1.95. The maximum Gasteiger partial charge on any atom is 0.0139 e. The summed E-state index contributed by atoms with van der Waals surface area (Å²) >= 11 is 0. The van der Waals surface area contributed by atoms with Crippen molar-refractivity contribution in [1.82, 2.24) is 10.2 Å². The molecule has 0 aromatic rings. The minimum absolute atomic E-state index is 0.274. The van der Waals surface area contributed by atoms with Gasteiger partial charge in [-0.2, -0.15) is 0 Å². The largest absolute Gasteiger partial charge is 0.312 e. The van der Waals surface area contributed by atoms with Crippen molar-refractivity contribution < 1.29 is 0 Å². The third-order valence-corrected chi connectivity index (χ3v) is 5.98. The Balaban J connectivity index is 1.55. The Morgan fingerprint density at radius 2 is 1.65 bits per heavy atom. The first-order valence-electron chi connectivity index (χ1n) is 9.05. The first-order valence-corrected chi connectivity index (χ1v) is 9.05. The van der Waals surface area contributed by atoms with E-state index in [0.29, 0.717) is 0 Å². The van der Waals surface area contributed by atoms with E-state index in [0.717, 1.165) is 23.9 Å². The maximum absolute atomic E-state index is 3.73. The van der Waals surface area contributed by atoms with E-state index in [1.54, 1.807) is 0 Å². The van der Waals surface area contributed by atoms with Crippen molar-refractivity contribution in [3.8, 4) is 0 Å². The van der Waals surface area contributed by atoms with E-state index < -0.39 is 0 Å². The summed E-state index contributed by atoms with van der Waals surface area (Å²) in [7, 11) is 0. The smallest absolute Gasteiger partial charge is 0.0139 e. The second-order valence-corrected chi connectivity index (χ2v) is 8.53. The first-order chi connectivity index (χ1) is 9.54. The number of hydrogen-bond donors (Lipinski definition) is 1. The van der Waals surface area contributed by atoms with Crippen LogP contribution in [0.2, 0.25) is 0 Å². The Labute approximate surface area is 125 Å². The van der Waals surface area contributed by atoms with Crippen LogP contribution >= 0.6 is 0 Å². The molecule has 1 aliphatic heterocycles. The number of hydrogen-bond acceptors (Lipinski definition) is 2. The van der Waals surface area contributed by atoms with Gasteiger partial charge in [-0.05, 0) is 84.2 Å². The Bertz CT molecular complexity index is 314. The average Bonchev–Trinajstić information content (AvgIpc) is 2.95. The molecule has 1 saturated heterocycles. The molecular formula is C18H34N2. The highest BCUT2D eigenvalue weighted by molar-refractivity contribution is 4.98. The summed E-state index contributed by atoms with van der Waals surface area (Å²) in [6.07, 6.45) is 11.9. The zero-order valence-corrected chi connectivity index (χ0v) is 13.8. The van der Waals surface area contributed by atoms with Crippen LogP contribution < -0.4 is 5.32 Å². The van der Waals surface area contributed by atoms with Gasteiger partial charge in [-0.3, -0.25) is 4.90 Å². The van der Waals surface area contributed by atoms with E-state index in [4.69, 9.17) is 0 Å². The van der Waals surface area contributed by atoms with Gasteiger partial charge >= 0.3 is 0 Å². The molecule has 0 amide bonds. The van der Waals surface area contributed by atoms with E-state index in [9.17, 15) is 0 Å². The monoisotopic (exact) mass is 278 g/mol. The van der Waals surface area contributed by atoms with Crippen LogP contribution in [0.5, 0.6) is 0 Å². The summed E-state index contributed by atoms with van der Waals surface area (Å²) in [6, 6.07) is 1.85. The van der Waals surface area contributed by atoms with Crippen molar-refractivity contribution >= 4 is 0 Å². The van der Waals surface area contributed by atoms with Gasteiger partial charge < -0.3 is 5.32 Å². The molecular weight excluding hydrogens is 244 g/mol. The minimum Gasteiger partial charge on any atom is -0.312 e. The van der Waals surface area contributed by atoms with Crippen molar-refractivity contribution in [3.05, 3.63) is 0 Å². The number of nitrogens with zero attached hydrogens (tertiary/aromatic N) is 1. The molecule has 2 nitrogen and oxygen atoms in total. The lowest BCUT2D eigenvalue weighted by Crippen LogP contribution is -2.55. The van der Waals surface area contributed by atoms with Gasteiger partial charge in [0.25, 0.3) is 0 Å². The van der Waals surface area contributed by atoms with Crippen molar-refractivity contribution in [3.63, 3.8) is 0 Å². The van der Waals surface area contributed by atoms with Gasteiger partial charge in [0.15, 0.2) is 0 Å². The molecule has 2 saturated carbocycles. The molecule has 1 heterocycles. The molecule has 3 aliphatic rings. The van der Waals surface area contributed by atoms with Crippen molar-refractivity contribution in [2.24, 2.45) is 11.8 Å². The van der Waals surface area contributed by atoms with E-state index in [2.05, 4.69) is 31.0 Å². The molecule has 3 fully saturated rings. The van der Waals surface area contributed by atoms with Crippen LogP contribution in [-0.4, -0.2) is 35.6 Å². The fraction of sp³-hybridized carbons (Fsp3) is 1.00. The summed E-state index contributed by atoms with van der Waals surface area (Å²) in [4.78, 5) is 2.94. The SMILES string of the molecule is CC(C)(C)NCC1CCC1N1CCCC1C1CCCC1. The van der Waals surface area contributed by atoms with Crippen LogP contribution in [0.4, 0.5) is 0 Å². The molecule has 3 atom stereocenters. The molecule has 0 aromatic carbocycles. The zero-order chi connectivity index (χ0) is 14.2. The van der Waals surface area contributed by atoms with Gasteiger partial charge in [-0.25, -0.2) is 0 Å². The molecule has 3 rings (SSSR count). The molecule has 20 heavy (non-hydrogen) atoms. The predicted octanol–water partition coefficient (Wildman–Crippen LogP) is 3.81. The van der Waals surface area contributed by atoms with Crippen LogP contribution in [0.15, 0.2) is 0 Å². The van der Waals surface area contributed by atoms with Crippen LogP contribution in [0.3, 0.4) is 0 Å². The lowest BCUT2D eigenvalue weighted by atomic mass is 9.77. The Morgan fingerprint density at radius 3 is 2.25 bits per heavy atom. The fourth-order valence-electron chi connectivity index (χ4n) is 4.74. The van der Waals surface area contributed by atoms with Gasteiger partial charge in [-0.15, -0.1) is 0 Å². The fourth-order valence-corrected chi connectivity index (χ4v) is 4.74. The topological polar surface area (TPSA) is 15.3 Å².